The molecule has 0 radical (unpaired) electrons. The summed E-state index contributed by atoms with van der Waals surface area (Å²) in [6, 6.07) is 2.23. The molecule has 0 aromatic heterocycles. The van der Waals surface area contributed by atoms with Gasteiger partial charge in [0.15, 0.2) is 0 Å². The summed E-state index contributed by atoms with van der Waals surface area (Å²) in [5.74, 6) is 0. The van der Waals surface area contributed by atoms with Gasteiger partial charge in [-0.3, -0.25) is 9.80 Å². The van der Waals surface area contributed by atoms with Crippen molar-refractivity contribution in [1.82, 2.24) is 9.80 Å². The van der Waals surface area contributed by atoms with Crippen LogP contribution in [0.1, 0.15) is 55.4 Å². The monoisotopic (exact) mass is 304 g/mol. The Bertz CT molecular complexity index is 205. The van der Waals surface area contributed by atoms with E-state index in [-0.39, 0.29) is 0 Å². The van der Waals surface area contributed by atoms with Crippen LogP contribution in [0.2, 0.25) is 0 Å². The molecule has 1 N–H and O–H groups in total. The van der Waals surface area contributed by atoms with Crippen molar-refractivity contribution in [2.45, 2.75) is 79.6 Å². The maximum atomic E-state index is 10.3. The summed E-state index contributed by atoms with van der Waals surface area (Å²) in [5, 5.41) is 0. The van der Waals surface area contributed by atoms with Crippen LogP contribution >= 0.6 is 8.15 Å². The molecule has 0 aliphatic rings. The average molecular weight is 304 g/mol. The van der Waals surface area contributed by atoms with Gasteiger partial charge in [-0.2, -0.15) is 0 Å². The van der Waals surface area contributed by atoms with Crippen LogP contribution in [0, 0.1) is 0 Å². The number of nitrogens with zero attached hydrogens (tertiary/aromatic N) is 2. The first-order valence-electron chi connectivity index (χ1n) is 8.12. The third-order valence-electron chi connectivity index (χ3n) is 3.89. The zero-order valence-corrected chi connectivity index (χ0v) is 15.8. The van der Waals surface area contributed by atoms with Crippen molar-refractivity contribution >= 4 is 8.15 Å². The van der Waals surface area contributed by atoms with Gasteiger partial charge in [0.25, 0.3) is 0 Å². The van der Waals surface area contributed by atoms with E-state index in [0.717, 1.165) is 25.4 Å². The van der Waals surface area contributed by atoms with Crippen molar-refractivity contribution in [2.75, 3.05) is 25.4 Å². The lowest BCUT2D eigenvalue weighted by atomic mass is 10.2. The molecule has 0 fully saturated rings. The van der Waals surface area contributed by atoms with E-state index < -0.39 is 8.15 Å². The highest BCUT2D eigenvalue weighted by Crippen LogP contribution is 2.30. The lowest BCUT2D eigenvalue weighted by molar-refractivity contribution is 0.183. The molecule has 0 unspecified atom stereocenters. The molecule has 4 heteroatoms. The molecule has 0 aromatic carbocycles. The van der Waals surface area contributed by atoms with Crippen LogP contribution < -0.4 is 0 Å². The summed E-state index contributed by atoms with van der Waals surface area (Å²) >= 11 is 0. The fraction of sp³-hybridized carbons (Fsp3) is 1.00. The molecule has 0 heterocycles. The summed E-state index contributed by atoms with van der Waals surface area (Å²) in [7, 11) is -0.828. The van der Waals surface area contributed by atoms with Crippen LogP contribution in [0.3, 0.4) is 0 Å². The van der Waals surface area contributed by atoms with Crippen LogP contribution in [0.25, 0.3) is 0 Å². The fourth-order valence-corrected chi connectivity index (χ4v) is 3.95. The molecule has 0 saturated heterocycles. The van der Waals surface area contributed by atoms with Crippen molar-refractivity contribution in [3.05, 3.63) is 0 Å². The molecule has 0 aliphatic heterocycles. The molecule has 0 aliphatic carbocycles. The Morgan fingerprint density at radius 1 is 0.650 bits per heavy atom. The topological polar surface area (TPSA) is 26.7 Å². The minimum atomic E-state index is -0.828. The number of hydrogen-bond acceptors (Lipinski definition) is 3. The van der Waals surface area contributed by atoms with E-state index in [1.807, 2.05) is 0 Å². The standard InChI is InChI=1S/C16H37N2OP/c1-13(2)17(14(3)4)9-11-20(19)12-10-18(15(5)6)16(7)8/h13-16,19H,9-12H2,1-8H3. The Labute approximate surface area is 128 Å². The van der Waals surface area contributed by atoms with Gasteiger partial charge in [0.05, 0.1) is 0 Å². The van der Waals surface area contributed by atoms with Gasteiger partial charge in [-0.1, -0.05) is 0 Å². The van der Waals surface area contributed by atoms with Gasteiger partial charge in [0.1, 0.15) is 0 Å². The molecular formula is C16H37N2OP. The van der Waals surface area contributed by atoms with E-state index in [1.54, 1.807) is 0 Å². The highest BCUT2D eigenvalue weighted by Gasteiger charge is 2.17. The first-order chi connectivity index (χ1) is 9.16. The predicted octanol–water partition coefficient (Wildman–Crippen LogP) is 3.61. The van der Waals surface area contributed by atoms with E-state index >= 15 is 0 Å². The first kappa shape index (κ1) is 20.3. The molecule has 0 bridgehead atoms. The molecule has 0 atom stereocenters. The van der Waals surface area contributed by atoms with Crippen LogP contribution in [0.5, 0.6) is 0 Å². The van der Waals surface area contributed by atoms with Gasteiger partial charge >= 0.3 is 0 Å². The largest absolute Gasteiger partial charge is 0.374 e. The van der Waals surface area contributed by atoms with Crippen molar-refractivity contribution in [3.63, 3.8) is 0 Å². The molecule has 20 heavy (non-hydrogen) atoms. The summed E-state index contributed by atoms with van der Waals surface area (Å²) in [6.45, 7) is 19.9. The third-order valence-corrected chi connectivity index (χ3v) is 5.32. The Hall–Kier alpha value is 0.310. The predicted molar refractivity (Wildman–Crippen MR) is 92.8 cm³/mol. The summed E-state index contributed by atoms with van der Waals surface area (Å²) in [5.41, 5.74) is 0. The Morgan fingerprint density at radius 3 is 1.10 bits per heavy atom. The zero-order valence-electron chi connectivity index (χ0n) is 14.9. The smallest absolute Gasteiger partial charge is 0.0277 e. The third kappa shape index (κ3) is 7.93. The Balaban J connectivity index is 4.13. The SMILES string of the molecule is CC(C)N(CCP(O)CCN(C(C)C)C(C)C)C(C)C. The van der Waals surface area contributed by atoms with Gasteiger partial charge in [-0.25, -0.2) is 0 Å². The lowest BCUT2D eigenvalue weighted by Gasteiger charge is -2.33. The van der Waals surface area contributed by atoms with Crippen molar-refractivity contribution in [2.24, 2.45) is 0 Å². The second kappa shape index (κ2) is 10.1. The highest BCUT2D eigenvalue weighted by molar-refractivity contribution is 7.51. The summed E-state index contributed by atoms with van der Waals surface area (Å²) < 4.78 is 0. The zero-order chi connectivity index (χ0) is 15.9. The highest BCUT2D eigenvalue weighted by atomic mass is 31.1. The van der Waals surface area contributed by atoms with Gasteiger partial charge < -0.3 is 4.89 Å². The van der Waals surface area contributed by atoms with Gasteiger partial charge in [0, 0.05) is 57.7 Å². The minimum Gasteiger partial charge on any atom is -0.374 e. The van der Waals surface area contributed by atoms with Crippen LogP contribution in [0.15, 0.2) is 0 Å². The average Bonchev–Trinajstić information content (AvgIpc) is 2.27. The summed E-state index contributed by atoms with van der Waals surface area (Å²) in [6.07, 6.45) is 1.88. The van der Waals surface area contributed by atoms with Crippen molar-refractivity contribution in [1.29, 1.82) is 0 Å². The molecule has 0 saturated carbocycles. The van der Waals surface area contributed by atoms with Gasteiger partial charge in [-0.05, 0) is 55.4 Å². The van der Waals surface area contributed by atoms with Crippen LogP contribution in [-0.4, -0.2) is 64.3 Å². The van der Waals surface area contributed by atoms with E-state index in [4.69, 9.17) is 0 Å². The molecule has 122 valence electrons. The fourth-order valence-electron chi connectivity index (χ4n) is 2.80. The quantitative estimate of drug-likeness (QED) is 0.625. The lowest BCUT2D eigenvalue weighted by Crippen LogP contribution is -2.40. The number of hydrogen-bond donors (Lipinski definition) is 1. The van der Waals surface area contributed by atoms with Crippen LogP contribution in [-0.2, 0) is 0 Å². The van der Waals surface area contributed by atoms with E-state index in [1.165, 1.54) is 0 Å². The van der Waals surface area contributed by atoms with Gasteiger partial charge in [-0.15, -0.1) is 0 Å². The van der Waals surface area contributed by atoms with Gasteiger partial charge in [0.2, 0.25) is 0 Å². The molecular weight excluding hydrogens is 267 g/mol. The molecule has 0 aromatic rings. The van der Waals surface area contributed by atoms with Crippen molar-refractivity contribution in [3.8, 4) is 0 Å². The Kier molecular flexibility index (Phi) is 10.3. The van der Waals surface area contributed by atoms with E-state index in [9.17, 15) is 4.89 Å². The molecule has 0 amide bonds. The van der Waals surface area contributed by atoms with Crippen LogP contribution in [0.4, 0.5) is 0 Å². The number of rotatable bonds is 10. The van der Waals surface area contributed by atoms with E-state index in [2.05, 4.69) is 65.2 Å². The maximum absolute atomic E-state index is 10.3. The molecule has 0 spiro atoms. The molecule has 3 nitrogen and oxygen atoms in total. The normalized spacial score (nSPS) is 13.2. The maximum Gasteiger partial charge on any atom is 0.0277 e. The Morgan fingerprint density at radius 2 is 0.900 bits per heavy atom. The van der Waals surface area contributed by atoms with Crippen molar-refractivity contribution < 1.29 is 4.89 Å². The second-order valence-corrected chi connectivity index (χ2v) is 8.71. The minimum absolute atomic E-state index is 0.557. The summed E-state index contributed by atoms with van der Waals surface area (Å²) in [4.78, 5) is 15.2. The molecule has 0 rings (SSSR count). The second-order valence-electron chi connectivity index (χ2n) is 6.80. The first-order valence-corrected chi connectivity index (χ1v) is 9.78. The van der Waals surface area contributed by atoms with E-state index in [0.29, 0.717) is 24.2 Å².